The highest BCUT2D eigenvalue weighted by atomic mass is 16.5. The minimum Gasteiger partial charge on any atom is -0.508 e. The number of nitrogens with zero attached hydrogens (tertiary/aromatic N) is 1. The second kappa shape index (κ2) is 9.68. The first-order valence-electron chi connectivity index (χ1n) is 10.9. The van der Waals surface area contributed by atoms with Gasteiger partial charge in [0.15, 0.2) is 6.61 Å². The minimum atomic E-state index is -0.456. The highest BCUT2D eigenvalue weighted by Gasteiger charge is 2.16. The molecule has 4 rings (SSSR count). The van der Waals surface area contributed by atoms with Gasteiger partial charge < -0.3 is 20.1 Å². The number of aromatic hydroxyl groups is 1. The molecule has 1 saturated carbocycles. The summed E-state index contributed by atoms with van der Waals surface area (Å²) in [7, 11) is 0. The normalized spacial score (nSPS) is 14.2. The summed E-state index contributed by atoms with van der Waals surface area (Å²) in [4.78, 5) is 31.1. The van der Waals surface area contributed by atoms with Crippen molar-refractivity contribution in [1.29, 1.82) is 0 Å². The third-order valence-corrected chi connectivity index (χ3v) is 5.74. The van der Waals surface area contributed by atoms with E-state index in [1.54, 1.807) is 43.3 Å². The van der Waals surface area contributed by atoms with Gasteiger partial charge in [-0.2, -0.15) is 4.98 Å². The van der Waals surface area contributed by atoms with Gasteiger partial charge in [-0.25, -0.2) is 4.79 Å². The fraction of sp³-hybridized carbons (Fsp3) is 0.320. The van der Waals surface area contributed by atoms with Crippen molar-refractivity contribution in [2.75, 3.05) is 6.61 Å². The Balaban J connectivity index is 1.43. The first-order chi connectivity index (χ1) is 15.5. The minimum absolute atomic E-state index is 0.0215. The summed E-state index contributed by atoms with van der Waals surface area (Å²) in [6, 6.07) is 14.3. The molecule has 1 aliphatic carbocycles. The maximum Gasteiger partial charge on any atom is 0.345 e. The van der Waals surface area contributed by atoms with Crippen LogP contribution in [0.25, 0.3) is 22.5 Å². The van der Waals surface area contributed by atoms with Crippen molar-refractivity contribution in [2.45, 2.75) is 45.1 Å². The van der Waals surface area contributed by atoms with Crippen molar-refractivity contribution in [1.82, 2.24) is 15.3 Å². The van der Waals surface area contributed by atoms with Crippen LogP contribution < -0.4 is 15.7 Å². The van der Waals surface area contributed by atoms with Crippen molar-refractivity contribution in [3.8, 4) is 34.0 Å². The summed E-state index contributed by atoms with van der Waals surface area (Å²) in [5.74, 6) is 0.674. The maximum atomic E-state index is 12.1. The zero-order valence-electron chi connectivity index (χ0n) is 18.1. The van der Waals surface area contributed by atoms with Crippen LogP contribution in [0.15, 0.2) is 53.3 Å². The van der Waals surface area contributed by atoms with Crippen LogP contribution in [0.2, 0.25) is 0 Å². The number of rotatable bonds is 6. The van der Waals surface area contributed by atoms with E-state index in [-0.39, 0.29) is 24.3 Å². The van der Waals surface area contributed by atoms with Gasteiger partial charge in [-0.05, 0) is 79.4 Å². The first-order valence-corrected chi connectivity index (χ1v) is 10.9. The van der Waals surface area contributed by atoms with E-state index in [0.29, 0.717) is 22.7 Å². The molecule has 0 radical (unpaired) electrons. The molecule has 0 atom stereocenters. The summed E-state index contributed by atoms with van der Waals surface area (Å²) >= 11 is 0. The number of hydrogen-bond acceptors (Lipinski definition) is 5. The highest BCUT2D eigenvalue weighted by Crippen LogP contribution is 2.27. The van der Waals surface area contributed by atoms with Gasteiger partial charge >= 0.3 is 5.69 Å². The zero-order valence-corrected chi connectivity index (χ0v) is 18.1. The quantitative estimate of drug-likeness (QED) is 0.546. The van der Waals surface area contributed by atoms with Crippen molar-refractivity contribution in [2.24, 2.45) is 0 Å². The van der Waals surface area contributed by atoms with Crippen LogP contribution in [0, 0.1) is 6.92 Å². The molecule has 0 saturated heterocycles. The van der Waals surface area contributed by atoms with Crippen LogP contribution in [0.1, 0.15) is 37.7 Å². The first kappa shape index (κ1) is 21.6. The van der Waals surface area contributed by atoms with Gasteiger partial charge in [-0.15, -0.1) is 0 Å². The topological polar surface area (TPSA) is 104 Å². The van der Waals surface area contributed by atoms with Crippen molar-refractivity contribution < 1.29 is 14.6 Å². The number of aromatic amines is 1. The van der Waals surface area contributed by atoms with Gasteiger partial charge in [-0.1, -0.05) is 19.3 Å². The molecule has 0 spiro atoms. The Morgan fingerprint density at radius 1 is 1.09 bits per heavy atom. The third-order valence-electron chi connectivity index (χ3n) is 5.74. The number of aromatic nitrogens is 2. The van der Waals surface area contributed by atoms with Crippen LogP contribution in [-0.4, -0.2) is 33.6 Å². The average Bonchev–Trinajstić information content (AvgIpc) is 2.80. The van der Waals surface area contributed by atoms with Crippen LogP contribution in [0.3, 0.4) is 0 Å². The Hall–Kier alpha value is -3.61. The largest absolute Gasteiger partial charge is 0.508 e. The molecular weight excluding hydrogens is 406 g/mol. The van der Waals surface area contributed by atoms with Crippen LogP contribution >= 0.6 is 0 Å². The number of carbonyl (C=O) groups excluding carboxylic acids is 1. The second-order valence-corrected chi connectivity index (χ2v) is 8.20. The number of ether oxygens (including phenoxy) is 1. The monoisotopic (exact) mass is 433 g/mol. The number of nitrogens with one attached hydrogen (secondary N) is 2. The van der Waals surface area contributed by atoms with E-state index in [0.717, 1.165) is 24.0 Å². The standard InChI is InChI=1S/C25H27N3O4/c1-16-13-18(9-12-23(16)29)22-14-21(27-25(31)28-22)17-7-10-20(11-8-17)32-15-24(30)26-19-5-3-2-4-6-19/h7-14,19,29H,2-6,15H2,1H3,(H,26,30)(H,27,28,31). The Labute approximate surface area is 186 Å². The maximum absolute atomic E-state index is 12.1. The average molecular weight is 434 g/mol. The molecule has 2 aromatic carbocycles. The van der Waals surface area contributed by atoms with E-state index < -0.39 is 5.69 Å². The number of carbonyl (C=O) groups is 1. The van der Waals surface area contributed by atoms with Crippen molar-refractivity contribution in [3.05, 3.63) is 64.6 Å². The molecule has 0 aliphatic heterocycles. The summed E-state index contributed by atoms with van der Waals surface area (Å²) in [6.07, 6.45) is 5.65. The molecule has 7 heteroatoms. The Morgan fingerprint density at radius 3 is 2.53 bits per heavy atom. The van der Waals surface area contributed by atoms with Crippen LogP contribution in [-0.2, 0) is 4.79 Å². The van der Waals surface area contributed by atoms with Gasteiger partial charge in [0.2, 0.25) is 0 Å². The lowest BCUT2D eigenvalue weighted by Gasteiger charge is -2.22. The lowest BCUT2D eigenvalue weighted by molar-refractivity contribution is -0.124. The zero-order chi connectivity index (χ0) is 22.5. The van der Waals surface area contributed by atoms with Crippen LogP contribution in [0.4, 0.5) is 0 Å². The van der Waals surface area contributed by atoms with Gasteiger partial charge in [0.1, 0.15) is 11.5 Å². The molecular formula is C25H27N3O4. The van der Waals surface area contributed by atoms with E-state index >= 15 is 0 Å². The molecule has 0 unspecified atom stereocenters. The summed E-state index contributed by atoms with van der Waals surface area (Å²) in [6.45, 7) is 1.77. The molecule has 0 bridgehead atoms. The molecule has 1 aliphatic rings. The van der Waals surface area contributed by atoms with Crippen molar-refractivity contribution >= 4 is 5.91 Å². The molecule has 1 amide bonds. The predicted octanol–water partition coefficient (Wildman–Crippen LogP) is 3.95. The number of phenolic OH excluding ortho intramolecular Hbond substituents is 1. The number of phenols is 1. The fourth-order valence-corrected chi connectivity index (χ4v) is 3.97. The van der Waals surface area contributed by atoms with Gasteiger partial charge in [0.05, 0.1) is 11.4 Å². The molecule has 166 valence electrons. The van der Waals surface area contributed by atoms with Gasteiger partial charge in [-0.3, -0.25) is 4.79 Å². The molecule has 3 aromatic rings. The van der Waals surface area contributed by atoms with Crippen LogP contribution in [0.5, 0.6) is 11.5 Å². The molecule has 1 aromatic heterocycles. The number of H-pyrrole nitrogens is 1. The van der Waals surface area contributed by atoms with E-state index in [1.807, 2.05) is 12.1 Å². The van der Waals surface area contributed by atoms with E-state index in [1.165, 1.54) is 19.3 Å². The molecule has 3 N–H and O–H groups in total. The van der Waals surface area contributed by atoms with E-state index in [2.05, 4.69) is 15.3 Å². The molecule has 1 heterocycles. The number of hydrogen-bond donors (Lipinski definition) is 3. The van der Waals surface area contributed by atoms with E-state index in [9.17, 15) is 14.7 Å². The second-order valence-electron chi connectivity index (χ2n) is 8.20. The Morgan fingerprint density at radius 2 is 1.81 bits per heavy atom. The molecule has 32 heavy (non-hydrogen) atoms. The number of amides is 1. The summed E-state index contributed by atoms with van der Waals surface area (Å²) < 4.78 is 5.62. The van der Waals surface area contributed by atoms with Gasteiger partial charge in [0, 0.05) is 11.6 Å². The Kier molecular flexibility index (Phi) is 6.54. The third kappa shape index (κ3) is 5.35. The summed E-state index contributed by atoms with van der Waals surface area (Å²) in [5, 5.41) is 12.8. The molecule has 1 fully saturated rings. The molecule has 7 nitrogen and oxygen atoms in total. The fourth-order valence-electron chi connectivity index (χ4n) is 3.97. The lowest BCUT2D eigenvalue weighted by atomic mass is 9.95. The smallest absolute Gasteiger partial charge is 0.345 e. The van der Waals surface area contributed by atoms with Gasteiger partial charge in [0.25, 0.3) is 5.91 Å². The predicted molar refractivity (Wildman–Crippen MR) is 123 cm³/mol. The van der Waals surface area contributed by atoms with Crippen molar-refractivity contribution in [3.63, 3.8) is 0 Å². The Bertz CT molecular complexity index is 1150. The number of aryl methyl sites for hydroxylation is 1. The highest BCUT2D eigenvalue weighted by molar-refractivity contribution is 5.78. The SMILES string of the molecule is Cc1cc(-c2cc(-c3ccc(OCC(=O)NC4CCCCC4)cc3)[nH]c(=O)n2)ccc1O. The summed E-state index contributed by atoms with van der Waals surface area (Å²) in [5.41, 5.74) is 2.93. The lowest BCUT2D eigenvalue weighted by Crippen LogP contribution is -2.38. The number of benzene rings is 2. The van der Waals surface area contributed by atoms with E-state index in [4.69, 9.17) is 4.74 Å².